The van der Waals surface area contributed by atoms with Crippen molar-refractivity contribution in [2.45, 2.75) is 13.0 Å². The predicted octanol–water partition coefficient (Wildman–Crippen LogP) is 4.28. The molecule has 0 spiro atoms. The minimum Gasteiger partial charge on any atom is -0.503 e. The van der Waals surface area contributed by atoms with Gasteiger partial charge in [0.05, 0.1) is 13.2 Å². The molecule has 10 heteroatoms. The molecule has 0 saturated carbocycles. The molecule has 0 aliphatic rings. The van der Waals surface area contributed by atoms with Crippen LogP contribution < -0.4 is 10.1 Å². The molecule has 4 aromatic rings. The number of aromatic nitrogens is 3. The number of nitrogens with zero attached hydrogens (tertiary/aromatic N) is 3. The number of amides is 1. The van der Waals surface area contributed by atoms with Crippen molar-refractivity contribution in [2.75, 3.05) is 7.11 Å². The first kappa shape index (κ1) is 21.9. The summed E-state index contributed by atoms with van der Waals surface area (Å²) in [6.07, 6.45) is 1.34. The van der Waals surface area contributed by atoms with E-state index < -0.39 is 23.6 Å². The van der Waals surface area contributed by atoms with Crippen LogP contribution in [0.15, 0.2) is 59.3 Å². The molecular weight excluding hydrogens is 434 g/mol. The van der Waals surface area contributed by atoms with Gasteiger partial charge in [0.2, 0.25) is 0 Å². The highest BCUT2D eigenvalue weighted by molar-refractivity contribution is 5.95. The number of carbonyl (C=O) groups is 1. The van der Waals surface area contributed by atoms with Crippen LogP contribution in [0.4, 0.5) is 8.78 Å². The summed E-state index contributed by atoms with van der Waals surface area (Å²) in [4.78, 5) is 20.7. The van der Waals surface area contributed by atoms with E-state index in [1.807, 2.05) is 0 Å². The summed E-state index contributed by atoms with van der Waals surface area (Å²) in [6, 6.07) is 10.8. The van der Waals surface area contributed by atoms with Crippen LogP contribution >= 0.6 is 0 Å². The minimum atomic E-state index is -0.663. The lowest BCUT2D eigenvalue weighted by atomic mass is 10.0. The van der Waals surface area contributed by atoms with E-state index >= 15 is 0 Å². The van der Waals surface area contributed by atoms with Gasteiger partial charge >= 0.3 is 0 Å². The lowest BCUT2D eigenvalue weighted by Gasteiger charge is -2.11. The lowest BCUT2D eigenvalue weighted by Crippen LogP contribution is -2.28. The van der Waals surface area contributed by atoms with Gasteiger partial charge in [0.1, 0.15) is 11.6 Å². The first-order valence-corrected chi connectivity index (χ1v) is 9.79. The summed E-state index contributed by atoms with van der Waals surface area (Å²) >= 11 is 0. The summed E-state index contributed by atoms with van der Waals surface area (Å²) in [7, 11) is 1.36. The number of halogens is 2. The molecule has 0 aliphatic heterocycles. The second-order valence-corrected chi connectivity index (χ2v) is 7.10. The molecule has 33 heavy (non-hydrogen) atoms. The molecule has 0 unspecified atom stereocenters. The highest BCUT2D eigenvalue weighted by Gasteiger charge is 2.22. The summed E-state index contributed by atoms with van der Waals surface area (Å²) in [5, 5.41) is 16.6. The topological polar surface area (TPSA) is 110 Å². The molecule has 2 aromatic heterocycles. The van der Waals surface area contributed by atoms with Crippen LogP contribution in [0.2, 0.25) is 0 Å². The van der Waals surface area contributed by atoms with Crippen LogP contribution in [-0.4, -0.2) is 33.2 Å². The predicted molar refractivity (Wildman–Crippen MR) is 113 cm³/mol. The van der Waals surface area contributed by atoms with Crippen molar-refractivity contribution >= 4 is 5.91 Å². The Morgan fingerprint density at radius 3 is 2.39 bits per heavy atom. The van der Waals surface area contributed by atoms with E-state index in [0.29, 0.717) is 16.7 Å². The van der Waals surface area contributed by atoms with Crippen LogP contribution in [-0.2, 0) is 0 Å². The number of nitrogens with one attached hydrogen (secondary N) is 1. The second-order valence-electron chi connectivity index (χ2n) is 7.10. The summed E-state index contributed by atoms with van der Waals surface area (Å²) in [6.45, 7) is 1.64. The number of hydrogen-bond acceptors (Lipinski definition) is 7. The fourth-order valence-corrected chi connectivity index (χ4v) is 3.15. The Labute approximate surface area is 186 Å². The summed E-state index contributed by atoms with van der Waals surface area (Å²) in [5.41, 5.74) is 1.40. The van der Waals surface area contributed by atoms with Crippen molar-refractivity contribution in [3.05, 3.63) is 77.9 Å². The van der Waals surface area contributed by atoms with E-state index in [1.54, 1.807) is 31.2 Å². The molecular formula is C23H18F2N4O4. The van der Waals surface area contributed by atoms with Gasteiger partial charge in [-0.3, -0.25) is 4.79 Å². The Morgan fingerprint density at radius 2 is 1.73 bits per heavy atom. The maximum absolute atomic E-state index is 13.5. The third kappa shape index (κ3) is 4.64. The number of pyridine rings is 1. The maximum Gasteiger partial charge on any atom is 0.274 e. The Balaban J connectivity index is 1.49. The number of aromatic hydroxyl groups is 1. The fraction of sp³-hybridized carbons (Fsp3) is 0.130. The van der Waals surface area contributed by atoms with E-state index in [0.717, 1.165) is 6.07 Å². The third-order valence-electron chi connectivity index (χ3n) is 4.83. The van der Waals surface area contributed by atoms with Gasteiger partial charge in [-0.1, -0.05) is 17.3 Å². The number of rotatable bonds is 6. The summed E-state index contributed by atoms with van der Waals surface area (Å²) < 4.78 is 37.2. The largest absolute Gasteiger partial charge is 0.503 e. The average molecular weight is 452 g/mol. The van der Waals surface area contributed by atoms with Crippen molar-refractivity contribution in [2.24, 2.45) is 0 Å². The average Bonchev–Trinajstić information content (AvgIpc) is 3.29. The van der Waals surface area contributed by atoms with Crippen molar-refractivity contribution in [3.63, 3.8) is 0 Å². The van der Waals surface area contributed by atoms with E-state index in [-0.39, 0.29) is 28.9 Å². The molecule has 1 atom stereocenters. The van der Waals surface area contributed by atoms with Gasteiger partial charge in [-0.05, 0) is 42.3 Å². The zero-order valence-corrected chi connectivity index (χ0v) is 17.5. The minimum absolute atomic E-state index is 0.120. The van der Waals surface area contributed by atoms with Crippen LogP contribution in [0.3, 0.4) is 0 Å². The van der Waals surface area contributed by atoms with Gasteiger partial charge in [-0.2, -0.15) is 4.98 Å². The number of methoxy groups -OCH3 is 1. The van der Waals surface area contributed by atoms with Crippen LogP contribution in [0.25, 0.3) is 22.6 Å². The molecule has 0 bridgehead atoms. The molecule has 8 nitrogen and oxygen atoms in total. The van der Waals surface area contributed by atoms with E-state index in [9.17, 15) is 18.7 Å². The maximum atomic E-state index is 13.5. The monoisotopic (exact) mass is 452 g/mol. The van der Waals surface area contributed by atoms with Gasteiger partial charge in [-0.15, -0.1) is 0 Å². The first-order chi connectivity index (χ1) is 15.9. The van der Waals surface area contributed by atoms with Gasteiger partial charge < -0.3 is 19.7 Å². The van der Waals surface area contributed by atoms with Crippen LogP contribution in [0.1, 0.15) is 29.3 Å². The molecule has 2 N–H and O–H groups in total. The van der Waals surface area contributed by atoms with E-state index in [2.05, 4.69) is 20.4 Å². The Kier molecular flexibility index (Phi) is 5.99. The van der Waals surface area contributed by atoms with Crippen molar-refractivity contribution in [1.82, 2.24) is 20.4 Å². The second kappa shape index (κ2) is 9.03. The van der Waals surface area contributed by atoms with E-state index in [4.69, 9.17) is 9.26 Å². The number of carbonyl (C=O) groups excluding carboxylic acids is 1. The Bertz CT molecular complexity index is 1290. The highest BCUT2D eigenvalue weighted by atomic mass is 19.1. The molecule has 2 aromatic carbocycles. The van der Waals surface area contributed by atoms with Gasteiger partial charge in [0, 0.05) is 23.9 Å². The smallest absolute Gasteiger partial charge is 0.274 e. The summed E-state index contributed by atoms with van der Waals surface area (Å²) in [5.74, 6) is -1.82. The molecule has 0 fully saturated rings. The van der Waals surface area contributed by atoms with E-state index in [1.165, 1.54) is 31.5 Å². The number of benzene rings is 2. The van der Waals surface area contributed by atoms with Crippen LogP contribution in [0, 0.1) is 11.6 Å². The van der Waals surface area contributed by atoms with Crippen molar-refractivity contribution in [1.29, 1.82) is 0 Å². The SMILES string of the molecule is COc1ccnc(C(=O)N[C@@H](C)c2noc(-c3ccc(-c4cc(F)cc(F)c4)cc3)n2)c1O. The van der Waals surface area contributed by atoms with Crippen molar-refractivity contribution < 1.29 is 27.9 Å². The fourth-order valence-electron chi connectivity index (χ4n) is 3.15. The lowest BCUT2D eigenvalue weighted by molar-refractivity contribution is 0.0929. The quantitative estimate of drug-likeness (QED) is 0.449. The number of hydrogen-bond donors (Lipinski definition) is 2. The Morgan fingerprint density at radius 1 is 1.06 bits per heavy atom. The molecule has 0 radical (unpaired) electrons. The molecule has 2 heterocycles. The molecule has 168 valence electrons. The molecule has 4 rings (SSSR count). The normalized spacial score (nSPS) is 11.8. The molecule has 0 aliphatic carbocycles. The standard InChI is InChI=1S/C23H18F2N4O4/c1-12(27-22(31)19-20(30)18(32-2)7-8-26-19)21-28-23(33-29-21)14-5-3-13(4-6-14)15-9-16(24)11-17(25)10-15/h3-12,30H,1-2H3,(H,27,31)/t12-/m0/s1. The third-order valence-corrected chi connectivity index (χ3v) is 4.83. The van der Waals surface area contributed by atoms with Crippen LogP contribution in [0.5, 0.6) is 11.5 Å². The zero-order chi connectivity index (χ0) is 23.5. The van der Waals surface area contributed by atoms with Crippen molar-refractivity contribution in [3.8, 4) is 34.1 Å². The van der Waals surface area contributed by atoms with Gasteiger partial charge in [-0.25, -0.2) is 13.8 Å². The van der Waals surface area contributed by atoms with Gasteiger partial charge in [0.15, 0.2) is 23.0 Å². The first-order valence-electron chi connectivity index (χ1n) is 9.79. The highest BCUT2D eigenvalue weighted by Crippen LogP contribution is 2.28. The molecule has 1 amide bonds. The number of ether oxygens (including phenoxy) is 1. The molecule has 0 saturated heterocycles. The zero-order valence-electron chi connectivity index (χ0n) is 17.5. The van der Waals surface area contributed by atoms with Gasteiger partial charge in [0.25, 0.3) is 11.8 Å². The Hall–Kier alpha value is -4.34.